The maximum atomic E-state index is 12.0. The summed E-state index contributed by atoms with van der Waals surface area (Å²) in [6.45, 7) is 6.13. The molecule has 0 bridgehead atoms. The predicted octanol–water partition coefficient (Wildman–Crippen LogP) is 3.00. The average Bonchev–Trinajstić information content (AvgIpc) is 2.57. The van der Waals surface area contributed by atoms with Gasteiger partial charge in [0.1, 0.15) is 0 Å². The Balaban J connectivity index is 3.13. The van der Waals surface area contributed by atoms with Gasteiger partial charge in [-0.2, -0.15) is 0 Å². The number of esters is 3. The summed E-state index contributed by atoms with van der Waals surface area (Å²) >= 11 is 0. The van der Waals surface area contributed by atoms with Gasteiger partial charge < -0.3 is 14.2 Å². The minimum atomic E-state index is -0.609. The Labute approximate surface area is 135 Å². The Morgan fingerprint density at radius 2 is 1.04 bits per heavy atom. The van der Waals surface area contributed by atoms with Crippen molar-refractivity contribution in [3.05, 3.63) is 34.9 Å². The number of rotatable bonds is 8. The highest BCUT2D eigenvalue weighted by Crippen LogP contribution is 2.15. The third-order valence-electron chi connectivity index (χ3n) is 2.79. The van der Waals surface area contributed by atoms with E-state index in [1.54, 1.807) is 6.92 Å². The summed E-state index contributed by atoms with van der Waals surface area (Å²) in [5.74, 6) is -1.80. The van der Waals surface area contributed by atoms with Crippen LogP contribution in [0.25, 0.3) is 0 Å². The second kappa shape index (κ2) is 9.61. The van der Waals surface area contributed by atoms with Crippen LogP contribution in [0.4, 0.5) is 0 Å². The molecule has 1 rings (SSSR count). The lowest BCUT2D eigenvalue weighted by Crippen LogP contribution is -2.13. The molecule has 0 saturated heterocycles. The zero-order valence-corrected chi connectivity index (χ0v) is 13.7. The first-order chi connectivity index (χ1) is 11.0. The largest absolute Gasteiger partial charge is 0.462 e. The Morgan fingerprint density at radius 1 is 0.696 bits per heavy atom. The molecule has 0 N–H and O–H groups in total. The summed E-state index contributed by atoms with van der Waals surface area (Å²) < 4.78 is 15.0. The van der Waals surface area contributed by atoms with Crippen LogP contribution in [0.2, 0.25) is 0 Å². The predicted molar refractivity (Wildman–Crippen MR) is 83.5 cm³/mol. The van der Waals surface area contributed by atoms with Crippen molar-refractivity contribution in [2.24, 2.45) is 0 Å². The van der Waals surface area contributed by atoms with Crippen molar-refractivity contribution in [3.63, 3.8) is 0 Å². The molecular formula is C17H22O6. The van der Waals surface area contributed by atoms with Crippen LogP contribution in [0.15, 0.2) is 18.2 Å². The van der Waals surface area contributed by atoms with Gasteiger partial charge in [-0.3, -0.25) is 0 Å². The monoisotopic (exact) mass is 322 g/mol. The third kappa shape index (κ3) is 5.73. The molecule has 1 aromatic rings. The highest BCUT2D eigenvalue weighted by Gasteiger charge is 2.18. The van der Waals surface area contributed by atoms with Gasteiger partial charge in [0.2, 0.25) is 0 Å². The zero-order valence-electron chi connectivity index (χ0n) is 13.7. The normalized spacial score (nSPS) is 10.0. The van der Waals surface area contributed by atoms with Gasteiger partial charge in [0.15, 0.2) is 0 Å². The van der Waals surface area contributed by atoms with Crippen molar-refractivity contribution in [2.75, 3.05) is 19.8 Å². The van der Waals surface area contributed by atoms with E-state index in [2.05, 4.69) is 0 Å². The van der Waals surface area contributed by atoms with E-state index in [-0.39, 0.29) is 36.5 Å². The molecule has 0 aromatic heterocycles. The van der Waals surface area contributed by atoms with Crippen molar-refractivity contribution in [1.82, 2.24) is 0 Å². The molecule has 0 aliphatic carbocycles. The molecule has 0 amide bonds. The number of benzene rings is 1. The number of hydrogen-bond acceptors (Lipinski definition) is 6. The molecule has 0 saturated carbocycles. The minimum absolute atomic E-state index is 0.112. The van der Waals surface area contributed by atoms with Gasteiger partial charge in [-0.15, -0.1) is 0 Å². The second-order valence-corrected chi connectivity index (χ2v) is 4.79. The van der Waals surface area contributed by atoms with Crippen LogP contribution in [0.1, 0.15) is 64.7 Å². The van der Waals surface area contributed by atoms with E-state index in [1.165, 1.54) is 18.2 Å². The van der Waals surface area contributed by atoms with Crippen LogP contribution in [0, 0.1) is 0 Å². The molecule has 1 aromatic carbocycles. The lowest BCUT2D eigenvalue weighted by molar-refractivity contribution is 0.0503. The van der Waals surface area contributed by atoms with E-state index >= 15 is 0 Å². The molecule has 23 heavy (non-hydrogen) atoms. The third-order valence-corrected chi connectivity index (χ3v) is 2.79. The zero-order chi connectivity index (χ0) is 17.2. The van der Waals surface area contributed by atoms with Crippen LogP contribution in [0.5, 0.6) is 0 Å². The smallest absolute Gasteiger partial charge is 0.338 e. The first-order valence-electron chi connectivity index (χ1n) is 7.69. The second-order valence-electron chi connectivity index (χ2n) is 4.79. The summed E-state index contributed by atoms with van der Waals surface area (Å²) in [5.41, 5.74) is 0.348. The highest BCUT2D eigenvalue weighted by molar-refractivity contribution is 6.00. The number of carbonyl (C=O) groups is 3. The molecule has 0 fully saturated rings. The summed E-state index contributed by atoms with van der Waals surface area (Å²) in [4.78, 5) is 35.9. The van der Waals surface area contributed by atoms with Crippen molar-refractivity contribution in [3.8, 4) is 0 Å². The highest BCUT2D eigenvalue weighted by atomic mass is 16.5. The Morgan fingerprint density at radius 3 is 1.35 bits per heavy atom. The van der Waals surface area contributed by atoms with Crippen LogP contribution in [-0.2, 0) is 14.2 Å². The molecule has 0 heterocycles. The quantitative estimate of drug-likeness (QED) is 0.541. The van der Waals surface area contributed by atoms with Gasteiger partial charge in [-0.25, -0.2) is 14.4 Å². The Hall–Kier alpha value is -2.37. The van der Waals surface area contributed by atoms with Gasteiger partial charge in [0.05, 0.1) is 36.5 Å². The standard InChI is InChI=1S/C17H22O6/c1-4-7-22-16(19)13-9-12(15(18)21-6-3)10-14(11-13)17(20)23-8-5-2/h9-11H,4-8H2,1-3H3. The molecule has 0 radical (unpaired) electrons. The summed E-state index contributed by atoms with van der Waals surface area (Å²) in [7, 11) is 0. The van der Waals surface area contributed by atoms with E-state index in [9.17, 15) is 14.4 Å². The molecular weight excluding hydrogens is 300 g/mol. The molecule has 6 nitrogen and oxygen atoms in total. The molecule has 0 aliphatic rings. The van der Waals surface area contributed by atoms with Crippen molar-refractivity contribution in [1.29, 1.82) is 0 Å². The molecule has 0 atom stereocenters. The van der Waals surface area contributed by atoms with Crippen LogP contribution >= 0.6 is 0 Å². The number of carbonyl (C=O) groups excluding carboxylic acids is 3. The first-order valence-corrected chi connectivity index (χ1v) is 7.69. The minimum Gasteiger partial charge on any atom is -0.462 e. The molecule has 0 aliphatic heterocycles. The van der Waals surface area contributed by atoms with Crippen molar-refractivity contribution >= 4 is 17.9 Å². The summed E-state index contributed by atoms with van der Waals surface area (Å²) in [6, 6.07) is 4.07. The number of ether oxygens (including phenoxy) is 3. The molecule has 6 heteroatoms. The maximum absolute atomic E-state index is 12.0. The summed E-state index contributed by atoms with van der Waals surface area (Å²) in [5, 5.41) is 0. The van der Waals surface area contributed by atoms with E-state index in [1.807, 2.05) is 13.8 Å². The van der Waals surface area contributed by atoms with Crippen LogP contribution in [-0.4, -0.2) is 37.7 Å². The van der Waals surface area contributed by atoms with Gasteiger partial charge in [-0.1, -0.05) is 13.8 Å². The fourth-order valence-corrected chi connectivity index (χ4v) is 1.75. The van der Waals surface area contributed by atoms with Gasteiger partial charge in [0.25, 0.3) is 0 Å². The Kier molecular flexibility index (Phi) is 7.80. The molecule has 126 valence electrons. The van der Waals surface area contributed by atoms with Crippen molar-refractivity contribution < 1.29 is 28.6 Å². The fraction of sp³-hybridized carbons (Fsp3) is 0.471. The van der Waals surface area contributed by atoms with Gasteiger partial charge in [0, 0.05) is 0 Å². The average molecular weight is 322 g/mol. The first kappa shape index (κ1) is 18.7. The van der Waals surface area contributed by atoms with Crippen LogP contribution < -0.4 is 0 Å². The lowest BCUT2D eigenvalue weighted by atomic mass is 10.1. The number of hydrogen-bond donors (Lipinski definition) is 0. The van der Waals surface area contributed by atoms with E-state index < -0.39 is 17.9 Å². The van der Waals surface area contributed by atoms with E-state index in [0.29, 0.717) is 12.8 Å². The lowest BCUT2D eigenvalue weighted by Gasteiger charge is -2.09. The van der Waals surface area contributed by atoms with E-state index in [0.717, 1.165) is 0 Å². The molecule has 0 spiro atoms. The summed E-state index contributed by atoms with van der Waals surface area (Å²) in [6.07, 6.45) is 1.35. The topological polar surface area (TPSA) is 78.9 Å². The van der Waals surface area contributed by atoms with E-state index in [4.69, 9.17) is 14.2 Å². The SMILES string of the molecule is CCCOC(=O)c1cc(C(=O)OCC)cc(C(=O)OCCC)c1. The Bertz CT molecular complexity index is 526. The maximum Gasteiger partial charge on any atom is 0.338 e. The van der Waals surface area contributed by atoms with Gasteiger partial charge in [-0.05, 0) is 38.0 Å². The van der Waals surface area contributed by atoms with Crippen LogP contribution in [0.3, 0.4) is 0 Å². The molecule has 0 unspecified atom stereocenters. The van der Waals surface area contributed by atoms with Gasteiger partial charge >= 0.3 is 17.9 Å². The van der Waals surface area contributed by atoms with Crippen molar-refractivity contribution in [2.45, 2.75) is 33.6 Å². The fourth-order valence-electron chi connectivity index (χ4n) is 1.75.